The number of ether oxygens (including phenoxy) is 1. The largest absolute Gasteiger partial charge is 0.422 e. The van der Waals surface area contributed by atoms with Gasteiger partial charge in [0.15, 0.2) is 5.69 Å². The molecule has 1 aromatic heterocycles. The van der Waals surface area contributed by atoms with Crippen molar-refractivity contribution in [2.24, 2.45) is 0 Å². The van der Waals surface area contributed by atoms with E-state index in [9.17, 15) is 4.79 Å². The lowest BCUT2D eigenvalue weighted by Crippen LogP contribution is -2.12. The van der Waals surface area contributed by atoms with E-state index >= 15 is 0 Å². The zero-order chi connectivity index (χ0) is 13.2. The Bertz CT molecular complexity index is 527. The van der Waals surface area contributed by atoms with E-state index in [2.05, 4.69) is 30.4 Å². The Morgan fingerprint density at radius 2 is 1.89 bits per heavy atom. The van der Waals surface area contributed by atoms with Gasteiger partial charge in [0, 0.05) is 5.38 Å². The first kappa shape index (κ1) is 12.7. The number of hydrogen-bond acceptors (Lipinski definition) is 5. The quantitative estimate of drug-likeness (QED) is 0.616. The molecule has 0 aliphatic rings. The SMILES string of the molecule is CC(C)(C)c1ccc(OC(=O)c2csnn2)cc1. The fourth-order valence-corrected chi connectivity index (χ4v) is 1.86. The average Bonchev–Trinajstić information content (AvgIpc) is 2.82. The summed E-state index contributed by atoms with van der Waals surface area (Å²) in [6, 6.07) is 7.50. The molecule has 0 bridgehead atoms. The number of carbonyl (C=O) groups is 1. The minimum atomic E-state index is -0.479. The number of rotatable bonds is 2. The third-order valence-corrected chi connectivity index (χ3v) is 3.00. The van der Waals surface area contributed by atoms with E-state index in [0.717, 1.165) is 11.5 Å². The molecule has 0 atom stereocenters. The number of carbonyl (C=O) groups excluding carboxylic acids is 1. The van der Waals surface area contributed by atoms with Crippen LogP contribution in [-0.2, 0) is 5.41 Å². The maximum Gasteiger partial charge on any atom is 0.365 e. The van der Waals surface area contributed by atoms with E-state index in [0.29, 0.717) is 5.75 Å². The maximum absolute atomic E-state index is 11.6. The lowest BCUT2D eigenvalue weighted by atomic mass is 9.87. The van der Waals surface area contributed by atoms with Gasteiger partial charge in [-0.05, 0) is 34.6 Å². The van der Waals surface area contributed by atoms with Gasteiger partial charge in [0.25, 0.3) is 0 Å². The van der Waals surface area contributed by atoms with E-state index in [1.807, 2.05) is 12.1 Å². The van der Waals surface area contributed by atoms with Gasteiger partial charge in [-0.15, -0.1) is 5.10 Å². The van der Waals surface area contributed by atoms with Crippen molar-refractivity contribution >= 4 is 17.5 Å². The van der Waals surface area contributed by atoms with Crippen LogP contribution in [-0.4, -0.2) is 15.6 Å². The molecule has 2 rings (SSSR count). The smallest absolute Gasteiger partial charge is 0.365 e. The Kier molecular flexibility index (Phi) is 3.43. The Balaban J connectivity index is 2.09. The highest BCUT2D eigenvalue weighted by Gasteiger charge is 2.15. The van der Waals surface area contributed by atoms with Crippen molar-refractivity contribution in [2.45, 2.75) is 26.2 Å². The second-order valence-electron chi connectivity index (χ2n) is 4.95. The van der Waals surface area contributed by atoms with E-state index < -0.39 is 5.97 Å². The summed E-state index contributed by atoms with van der Waals surface area (Å²) < 4.78 is 8.81. The molecular formula is C13H14N2O2S. The van der Waals surface area contributed by atoms with E-state index in [1.165, 1.54) is 5.56 Å². The van der Waals surface area contributed by atoms with Crippen molar-refractivity contribution in [3.8, 4) is 5.75 Å². The Morgan fingerprint density at radius 1 is 1.22 bits per heavy atom. The third-order valence-electron chi connectivity index (χ3n) is 2.50. The molecular weight excluding hydrogens is 248 g/mol. The highest BCUT2D eigenvalue weighted by molar-refractivity contribution is 7.03. The van der Waals surface area contributed by atoms with Crippen LogP contribution in [0.1, 0.15) is 36.8 Å². The van der Waals surface area contributed by atoms with Crippen LogP contribution in [0.3, 0.4) is 0 Å². The van der Waals surface area contributed by atoms with Gasteiger partial charge in [-0.25, -0.2) is 4.79 Å². The summed E-state index contributed by atoms with van der Waals surface area (Å²) in [6.07, 6.45) is 0. The molecule has 1 aromatic carbocycles. The third kappa shape index (κ3) is 2.92. The van der Waals surface area contributed by atoms with Crippen LogP contribution in [0.4, 0.5) is 0 Å². The van der Waals surface area contributed by atoms with Crippen LogP contribution in [0.5, 0.6) is 5.75 Å². The summed E-state index contributed by atoms with van der Waals surface area (Å²) in [4.78, 5) is 11.6. The van der Waals surface area contributed by atoms with Crippen LogP contribution in [0.15, 0.2) is 29.6 Å². The van der Waals surface area contributed by atoms with Gasteiger partial charge in [0.2, 0.25) is 0 Å². The molecule has 5 heteroatoms. The van der Waals surface area contributed by atoms with Crippen LogP contribution < -0.4 is 4.74 Å². The molecule has 1 heterocycles. The standard InChI is InChI=1S/C13H14N2O2S/c1-13(2,3)9-4-6-10(7-5-9)17-12(16)11-8-18-15-14-11/h4-8H,1-3H3. The van der Waals surface area contributed by atoms with Gasteiger partial charge < -0.3 is 4.74 Å². The molecule has 0 aliphatic heterocycles. The Morgan fingerprint density at radius 3 is 2.39 bits per heavy atom. The van der Waals surface area contributed by atoms with Crippen LogP contribution in [0, 0.1) is 0 Å². The zero-order valence-corrected chi connectivity index (χ0v) is 11.3. The summed E-state index contributed by atoms with van der Waals surface area (Å²) in [5, 5.41) is 5.22. The molecule has 0 saturated heterocycles. The summed E-state index contributed by atoms with van der Waals surface area (Å²) in [7, 11) is 0. The first-order chi connectivity index (χ1) is 8.47. The predicted molar refractivity (Wildman–Crippen MR) is 70.0 cm³/mol. The molecule has 0 fully saturated rings. The summed E-state index contributed by atoms with van der Waals surface area (Å²) in [6.45, 7) is 6.40. The summed E-state index contributed by atoms with van der Waals surface area (Å²) >= 11 is 1.12. The number of aromatic nitrogens is 2. The van der Waals surface area contributed by atoms with Gasteiger partial charge in [-0.1, -0.05) is 37.4 Å². The molecule has 4 nitrogen and oxygen atoms in total. The van der Waals surface area contributed by atoms with Gasteiger partial charge in [0.1, 0.15) is 5.75 Å². The fraction of sp³-hybridized carbons (Fsp3) is 0.308. The number of hydrogen-bond donors (Lipinski definition) is 0. The second-order valence-corrected chi connectivity index (χ2v) is 5.56. The monoisotopic (exact) mass is 262 g/mol. The summed E-state index contributed by atoms with van der Waals surface area (Å²) in [5.41, 5.74) is 1.51. The minimum absolute atomic E-state index is 0.0847. The highest BCUT2D eigenvalue weighted by atomic mass is 32.1. The van der Waals surface area contributed by atoms with Crippen LogP contribution in [0.25, 0.3) is 0 Å². The number of esters is 1. The van der Waals surface area contributed by atoms with E-state index in [-0.39, 0.29) is 11.1 Å². The maximum atomic E-state index is 11.6. The number of benzene rings is 1. The predicted octanol–water partition coefficient (Wildman–Crippen LogP) is 3.05. The molecule has 0 aliphatic carbocycles. The lowest BCUT2D eigenvalue weighted by Gasteiger charge is -2.18. The van der Waals surface area contributed by atoms with Crippen LogP contribution >= 0.6 is 11.5 Å². The van der Waals surface area contributed by atoms with Crippen molar-refractivity contribution in [1.29, 1.82) is 0 Å². The molecule has 0 radical (unpaired) electrons. The van der Waals surface area contributed by atoms with Crippen molar-refractivity contribution < 1.29 is 9.53 Å². The molecule has 0 saturated carbocycles. The van der Waals surface area contributed by atoms with E-state index in [4.69, 9.17) is 4.74 Å². The summed E-state index contributed by atoms with van der Waals surface area (Å²) in [5.74, 6) is 0.0354. The van der Waals surface area contributed by atoms with Crippen molar-refractivity contribution in [1.82, 2.24) is 9.59 Å². The normalized spacial score (nSPS) is 11.3. The fourth-order valence-electron chi connectivity index (χ4n) is 1.44. The minimum Gasteiger partial charge on any atom is -0.422 e. The molecule has 2 aromatic rings. The highest BCUT2D eigenvalue weighted by Crippen LogP contribution is 2.24. The van der Waals surface area contributed by atoms with Gasteiger partial charge in [-0.3, -0.25) is 0 Å². The molecule has 0 spiro atoms. The van der Waals surface area contributed by atoms with Gasteiger partial charge >= 0.3 is 5.97 Å². The van der Waals surface area contributed by atoms with Crippen LogP contribution in [0.2, 0.25) is 0 Å². The molecule has 18 heavy (non-hydrogen) atoms. The second kappa shape index (κ2) is 4.86. The zero-order valence-electron chi connectivity index (χ0n) is 10.5. The number of nitrogens with zero attached hydrogens (tertiary/aromatic N) is 2. The molecule has 0 amide bonds. The van der Waals surface area contributed by atoms with Crippen molar-refractivity contribution in [3.05, 3.63) is 40.9 Å². The Hall–Kier alpha value is -1.75. The first-order valence-corrected chi connectivity index (χ1v) is 6.40. The molecule has 94 valence electrons. The average molecular weight is 262 g/mol. The van der Waals surface area contributed by atoms with Crippen molar-refractivity contribution in [3.63, 3.8) is 0 Å². The molecule has 0 unspecified atom stereocenters. The lowest BCUT2D eigenvalue weighted by molar-refractivity contribution is 0.0728. The van der Waals surface area contributed by atoms with Gasteiger partial charge in [0.05, 0.1) is 0 Å². The van der Waals surface area contributed by atoms with Crippen molar-refractivity contribution in [2.75, 3.05) is 0 Å². The topological polar surface area (TPSA) is 52.1 Å². The Labute approximate surface area is 110 Å². The van der Waals surface area contributed by atoms with Gasteiger partial charge in [-0.2, -0.15) is 0 Å². The first-order valence-electron chi connectivity index (χ1n) is 5.56. The molecule has 0 N–H and O–H groups in total. The van der Waals surface area contributed by atoms with E-state index in [1.54, 1.807) is 17.5 Å².